The zero-order valence-corrected chi connectivity index (χ0v) is 12.8. The molecule has 0 fully saturated rings. The third kappa shape index (κ3) is 3.79. The molecule has 0 radical (unpaired) electrons. The highest BCUT2D eigenvalue weighted by Gasteiger charge is 2.33. The quantitative estimate of drug-likeness (QED) is 0.829. The van der Waals surface area contributed by atoms with E-state index in [2.05, 4.69) is 17.4 Å². The van der Waals surface area contributed by atoms with Gasteiger partial charge in [0.1, 0.15) is 5.54 Å². The minimum atomic E-state index is -0.632. The van der Waals surface area contributed by atoms with Crippen molar-refractivity contribution in [3.05, 3.63) is 71.8 Å². The topological polar surface area (TPSA) is 29.1 Å². The van der Waals surface area contributed by atoms with Gasteiger partial charge < -0.3 is 0 Å². The van der Waals surface area contributed by atoms with Crippen molar-refractivity contribution in [2.75, 3.05) is 0 Å². The molecule has 2 heteroatoms. The van der Waals surface area contributed by atoms with E-state index in [1.54, 1.807) is 0 Å². The molecule has 2 nitrogen and oxygen atoms in total. The molecule has 0 aliphatic heterocycles. The minimum absolute atomic E-state index is 0.243. The van der Waals surface area contributed by atoms with Crippen molar-refractivity contribution >= 4 is 5.78 Å². The van der Waals surface area contributed by atoms with E-state index in [0.717, 1.165) is 12.0 Å². The number of rotatable bonds is 7. The molecule has 0 aromatic heterocycles. The molecule has 1 unspecified atom stereocenters. The zero-order valence-electron chi connectivity index (χ0n) is 12.8. The van der Waals surface area contributed by atoms with Crippen LogP contribution < -0.4 is 5.32 Å². The summed E-state index contributed by atoms with van der Waals surface area (Å²) in [5, 5.41) is 3.46. The highest BCUT2D eigenvalue weighted by molar-refractivity contribution is 5.89. The summed E-state index contributed by atoms with van der Waals surface area (Å²) in [6.45, 7) is 4.71. The number of carbonyl (C=O) groups excluding carboxylic acids is 1. The van der Waals surface area contributed by atoms with E-state index in [4.69, 9.17) is 0 Å². The molecule has 1 N–H and O–H groups in total. The highest BCUT2D eigenvalue weighted by atomic mass is 16.1. The Morgan fingerprint density at radius 2 is 1.57 bits per heavy atom. The first kappa shape index (κ1) is 15.5. The number of carbonyl (C=O) groups is 1. The predicted molar refractivity (Wildman–Crippen MR) is 87.0 cm³/mol. The molecular weight excluding hydrogens is 258 g/mol. The Kier molecular flexibility index (Phi) is 5.29. The van der Waals surface area contributed by atoms with Crippen molar-refractivity contribution in [2.45, 2.75) is 38.8 Å². The van der Waals surface area contributed by atoms with Gasteiger partial charge in [-0.05, 0) is 24.5 Å². The van der Waals surface area contributed by atoms with E-state index >= 15 is 0 Å². The Hall–Kier alpha value is -1.93. The summed E-state index contributed by atoms with van der Waals surface area (Å²) in [6, 6.07) is 20.2. The lowest BCUT2D eigenvalue weighted by molar-refractivity contribution is -0.125. The van der Waals surface area contributed by atoms with Gasteiger partial charge in [-0.2, -0.15) is 0 Å². The van der Waals surface area contributed by atoms with Gasteiger partial charge in [-0.15, -0.1) is 0 Å². The summed E-state index contributed by atoms with van der Waals surface area (Å²) < 4.78 is 0. The van der Waals surface area contributed by atoms with E-state index in [9.17, 15) is 4.79 Å². The van der Waals surface area contributed by atoms with Crippen LogP contribution in [0.4, 0.5) is 0 Å². The fourth-order valence-corrected chi connectivity index (χ4v) is 2.48. The standard InChI is InChI=1S/C19H23NO/c1-3-10-18(21)19(2,17-13-8-5-9-14-17)20-15-16-11-6-4-7-12-16/h4-9,11-14,20H,3,10,15H2,1-2H3. The molecule has 0 saturated carbocycles. The summed E-state index contributed by atoms with van der Waals surface area (Å²) in [5.74, 6) is 0.243. The van der Waals surface area contributed by atoms with Gasteiger partial charge in [0.05, 0.1) is 0 Å². The van der Waals surface area contributed by atoms with E-state index in [1.807, 2.05) is 62.4 Å². The monoisotopic (exact) mass is 281 g/mol. The van der Waals surface area contributed by atoms with Gasteiger partial charge in [0, 0.05) is 13.0 Å². The van der Waals surface area contributed by atoms with Gasteiger partial charge in [-0.1, -0.05) is 67.6 Å². The van der Waals surface area contributed by atoms with Crippen LogP contribution in [0.15, 0.2) is 60.7 Å². The first-order chi connectivity index (χ1) is 10.2. The van der Waals surface area contributed by atoms with Crippen molar-refractivity contribution < 1.29 is 4.79 Å². The molecule has 0 amide bonds. The largest absolute Gasteiger partial charge is 0.297 e. The molecule has 2 aromatic carbocycles. The van der Waals surface area contributed by atoms with Gasteiger partial charge >= 0.3 is 0 Å². The van der Waals surface area contributed by atoms with Crippen molar-refractivity contribution in [1.29, 1.82) is 0 Å². The summed E-state index contributed by atoms with van der Waals surface area (Å²) in [5.41, 5.74) is 1.58. The number of ketones is 1. The Labute approximate surface area is 127 Å². The predicted octanol–water partition coefficient (Wildman–Crippen LogP) is 4.06. The molecule has 0 bridgehead atoms. The Morgan fingerprint density at radius 3 is 2.14 bits per heavy atom. The Bertz CT molecular complexity index is 565. The van der Waals surface area contributed by atoms with E-state index in [0.29, 0.717) is 13.0 Å². The van der Waals surface area contributed by atoms with Crippen molar-refractivity contribution in [3.8, 4) is 0 Å². The maximum atomic E-state index is 12.6. The van der Waals surface area contributed by atoms with Crippen LogP contribution in [0.5, 0.6) is 0 Å². The molecule has 0 heterocycles. The first-order valence-corrected chi connectivity index (χ1v) is 7.54. The molecule has 2 aromatic rings. The van der Waals surface area contributed by atoms with Crippen LogP contribution >= 0.6 is 0 Å². The molecule has 2 rings (SSSR count). The zero-order chi connectivity index (χ0) is 15.1. The average Bonchev–Trinajstić information content (AvgIpc) is 2.54. The number of hydrogen-bond donors (Lipinski definition) is 1. The van der Waals surface area contributed by atoms with Gasteiger partial charge in [-0.3, -0.25) is 10.1 Å². The average molecular weight is 281 g/mol. The smallest absolute Gasteiger partial charge is 0.157 e. The number of nitrogens with one attached hydrogen (secondary N) is 1. The molecule has 0 spiro atoms. The second-order valence-electron chi connectivity index (χ2n) is 5.50. The van der Waals surface area contributed by atoms with Gasteiger partial charge in [-0.25, -0.2) is 0 Å². The van der Waals surface area contributed by atoms with Gasteiger partial charge in [0.2, 0.25) is 0 Å². The van der Waals surface area contributed by atoms with Crippen LogP contribution in [0.25, 0.3) is 0 Å². The summed E-state index contributed by atoms with van der Waals surface area (Å²) in [6.07, 6.45) is 1.46. The highest BCUT2D eigenvalue weighted by Crippen LogP contribution is 2.24. The van der Waals surface area contributed by atoms with E-state index in [1.165, 1.54) is 5.56 Å². The molecule has 110 valence electrons. The van der Waals surface area contributed by atoms with Crippen LogP contribution in [-0.4, -0.2) is 5.78 Å². The first-order valence-electron chi connectivity index (χ1n) is 7.54. The second-order valence-corrected chi connectivity index (χ2v) is 5.50. The third-order valence-corrected chi connectivity index (χ3v) is 3.87. The molecule has 0 saturated heterocycles. The van der Waals surface area contributed by atoms with E-state index < -0.39 is 5.54 Å². The van der Waals surface area contributed by atoms with Crippen LogP contribution in [-0.2, 0) is 16.9 Å². The van der Waals surface area contributed by atoms with Crippen molar-refractivity contribution in [3.63, 3.8) is 0 Å². The van der Waals surface area contributed by atoms with Crippen LogP contribution in [0.3, 0.4) is 0 Å². The summed E-state index contributed by atoms with van der Waals surface area (Å²) in [4.78, 5) is 12.6. The van der Waals surface area contributed by atoms with Crippen LogP contribution in [0.2, 0.25) is 0 Å². The lowest BCUT2D eigenvalue weighted by Crippen LogP contribution is -2.46. The van der Waals surface area contributed by atoms with Crippen LogP contribution in [0, 0.1) is 0 Å². The number of benzene rings is 2. The van der Waals surface area contributed by atoms with E-state index in [-0.39, 0.29) is 5.78 Å². The summed E-state index contributed by atoms with van der Waals surface area (Å²) in [7, 11) is 0. The molecule has 21 heavy (non-hydrogen) atoms. The lowest BCUT2D eigenvalue weighted by Gasteiger charge is -2.30. The fourth-order valence-electron chi connectivity index (χ4n) is 2.48. The van der Waals surface area contributed by atoms with Crippen molar-refractivity contribution in [2.24, 2.45) is 0 Å². The Balaban J connectivity index is 2.22. The minimum Gasteiger partial charge on any atom is -0.297 e. The SMILES string of the molecule is CCCC(=O)C(C)(NCc1ccccc1)c1ccccc1. The molecule has 0 aliphatic carbocycles. The van der Waals surface area contributed by atoms with Crippen molar-refractivity contribution in [1.82, 2.24) is 5.32 Å². The number of hydrogen-bond acceptors (Lipinski definition) is 2. The van der Waals surface area contributed by atoms with Gasteiger partial charge in [0.15, 0.2) is 5.78 Å². The molecule has 1 atom stereocenters. The maximum Gasteiger partial charge on any atom is 0.157 e. The van der Waals surface area contributed by atoms with Crippen LogP contribution in [0.1, 0.15) is 37.8 Å². The summed E-state index contributed by atoms with van der Waals surface area (Å²) >= 11 is 0. The lowest BCUT2D eigenvalue weighted by atomic mass is 9.85. The maximum absolute atomic E-state index is 12.6. The second kappa shape index (κ2) is 7.19. The molecule has 0 aliphatic rings. The fraction of sp³-hybridized carbons (Fsp3) is 0.316. The number of Topliss-reactive ketones (excluding diaryl/α,β-unsaturated/α-hetero) is 1. The van der Waals surface area contributed by atoms with Gasteiger partial charge in [0.25, 0.3) is 0 Å². The molecular formula is C19H23NO. The third-order valence-electron chi connectivity index (χ3n) is 3.87. The Morgan fingerprint density at radius 1 is 1.00 bits per heavy atom. The normalized spacial score (nSPS) is 13.6.